The molecular formula is C31H31N5O. The lowest BCUT2D eigenvalue weighted by Crippen LogP contribution is -2.26. The molecule has 0 saturated carbocycles. The molecule has 0 fully saturated rings. The van der Waals surface area contributed by atoms with Gasteiger partial charge in [0, 0.05) is 18.8 Å². The zero-order valence-corrected chi connectivity index (χ0v) is 21.4. The molecule has 1 aliphatic heterocycles. The highest BCUT2D eigenvalue weighted by Crippen LogP contribution is 2.34. The van der Waals surface area contributed by atoms with Crippen LogP contribution in [-0.2, 0) is 11.3 Å². The van der Waals surface area contributed by atoms with Crippen LogP contribution in [0.2, 0.25) is 0 Å². The number of carbonyl (C=O) groups is 1. The molecule has 2 aromatic carbocycles. The molecule has 6 heteroatoms. The standard InChI is InChI=1S/C31H31N5O/c1-3-5-18-35(19-6-4-2)27-15-12-24(13-16-27)14-17-28-29(22-34)30(26(20-32)21-33)36(31(28)37)23-25-10-8-7-9-11-25/h7-17H,3-6,18-19,23H2,1-2H3/b17-14+. The van der Waals surface area contributed by atoms with E-state index in [2.05, 4.69) is 36.9 Å². The van der Waals surface area contributed by atoms with E-state index in [1.54, 1.807) is 12.2 Å². The summed E-state index contributed by atoms with van der Waals surface area (Å²) in [4.78, 5) is 17.1. The summed E-state index contributed by atoms with van der Waals surface area (Å²) in [5.41, 5.74) is 2.91. The van der Waals surface area contributed by atoms with Crippen molar-refractivity contribution in [2.75, 3.05) is 18.0 Å². The number of unbranched alkanes of at least 4 members (excludes halogenated alkanes) is 2. The van der Waals surface area contributed by atoms with E-state index in [1.807, 2.05) is 54.6 Å². The minimum absolute atomic E-state index is 0.0391. The van der Waals surface area contributed by atoms with E-state index in [0.717, 1.165) is 49.9 Å². The van der Waals surface area contributed by atoms with Crippen LogP contribution in [-0.4, -0.2) is 23.9 Å². The second kappa shape index (κ2) is 13.5. The molecule has 1 amide bonds. The van der Waals surface area contributed by atoms with Gasteiger partial charge in [-0.05, 0) is 42.2 Å². The second-order valence-electron chi connectivity index (χ2n) is 8.84. The Hall–Kier alpha value is -4.60. The van der Waals surface area contributed by atoms with Crippen molar-refractivity contribution in [3.05, 3.63) is 94.2 Å². The third-order valence-corrected chi connectivity index (χ3v) is 6.27. The average Bonchev–Trinajstić information content (AvgIpc) is 3.19. The van der Waals surface area contributed by atoms with Crippen LogP contribution >= 0.6 is 0 Å². The Balaban J connectivity index is 1.91. The van der Waals surface area contributed by atoms with E-state index >= 15 is 0 Å². The summed E-state index contributed by atoms with van der Waals surface area (Å²) in [6, 6.07) is 23.2. The van der Waals surface area contributed by atoms with Gasteiger partial charge in [0.25, 0.3) is 5.91 Å². The fraction of sp³-hybridized carbons (Fsp3) is 0.290. The Kier molecular flexibility index (Phi) is 9.83. The van der Waals surface area contributed by atoms with Crippen molar-refractivity contribution in [1.29, 1.82) is 15.8 Å². The monoisotopic (exact) mass is 489 g/mol. The van der Waals surface area contributed by atoms with Gasteiger partial charge in [0.05, 0.1) is 23.4 Å². The number of benzene rings is 2. The summed E-state index contributed by atoms with van der Waals surface area (Å²) in [5.74, 6) is -0.406. The normalized spacial score (nSPS) is 13.0. The Morgan fingerprint density at radius 3 is 2.05 bits per heavy atom. The molecule has 2 aromatic rings. The molecule has 0 aliphatic carbocycles. The minimum atomic E-state index is -0.406. The molecule has 0 N–H and O–H groups in total. The van der Waals surface area contributed by atoms with E-state index in [4.69, 9.17) is 0 Å². The van der Waals surface area contributed by atoms with E-state index in [9.17, 15) is 20.6 Å². The molecule has 1 aliphatic rings. The zero-order chi connectivity index (χ0) is 26.6. The van der Waals surface area contributed by atoms with E-state index in [-0.39, 0.29) is 29.0 Å². The van der Waals surface area contributed by atoms with E-state index < -0.39 is 5.91 Å². The van der Waals surface area contributed by atoms with Crippen molar-refractivity contribution >= 4 is 17.7 Å². The summed E-state index contributed by atoms with van der Waals surface area (Å²) in [6.07, 6.45) is 7.97. The molecule has 186 valence electrons. The maximum Gasteiger partial charge on any atom is 0.260 e. The average molecular weight is 490 g/mol. The fourth-order valence-electron chi connectivity index (χ4n) is 4.24. The molecule has 37 heavy (non-hydrogen) atoms. The molecule has 0 spiro atoms. The van der Waals surface area contributed by atoms with Gasteiger partial charge in [-0.25, -0.2) is 0 Å². The van der Waals surface area contributed by atoms with Gasteiger partial charge in [-0.15, -0.1) is 0 Å². The Morgan fingerprint density at radius 2 is 1.51 bits per heavy atom. The number of hydrogen-bond acceptors (Lipinski definition) is 5. The lowest BCUT2D eigenvalue weighted by Gasteiger charge is -2.24. The van der Waals surface area contributed by atoms with Crippen LogP contribution in [0.5, 0.6) is 0 Å². The summed E-state index contributed by atoms with van der Waals surface area (Å²) < 4.78 is 0. The van der Waals surface area contributed by atoms with Crippen molar-refractivity contribution in [3.63, 3.8) is 0 Å². The Labute approximate surface area is 219 Å². The van der Waals surface area contributed by atoms with Gasteiger partial charge in [0.2, 0.25) is 0 Å². The topological polar surface area (TPSA) is 94.9 Å². The SMILES string of the molecule is CCCCN(CCCC)c1ccc(/C=C/C2=C(C#N)C(=C(C#N)C#N)N(Cc3ccccc3)C2=O)cc1. The van der Waals surface area contributed by atoms with Crippen molar-refractivity contribution in [3.8, 4) is 18.2 Å². The van der Waals surface area contributed by atoms with Gasteiger partial charge in [-0.1, -0.05) is 75.2 Å². The molecule has 0 unspecified atom stereocenters. The van der Waals surface area contributed by atoms with Crippen LogP contribution in [0, 0.1) is 34.0 Å². The lowest BCUT2D eigenvalue weighted by atomic mass is 10.1. The number of hydrogen-bond donors (Lipinski definition) is 0. The first-order valence-corrected chi connectivity index (χ1v) is 12.7. The molecule has 3 rings (SSSR count). The van der Waals surface area contributed by atoms with Crippen LogP contribution in [0.15, 0.2) is 83.1 Å². The van der Waals surface area contributed by atoms with E-state index in [0.29, 0.717) is 0 Å². The first-order valence-electron chi connectivity index (χ1n) is 12.7. The van der Waals surface area contributed by atoms with Gasteiger partial charge in [0.1, 0.15) is 18.2 Å². The first-order chi connectivity index (χ1) is 18.1. The van der Waals surface area contributed by atoms with Crippen molar-refractivity contribution < 1.29 is 4.79 Å². The second-order valence-corrected chi connectivity index (χ2v) is 8.84. The van der Waals surface area contributed by atoms with Crippen LogP contribution in [0.25, 0.3) is 6.08 Å². The van der Waals surface area contributed by atoms with Crippen LogP contribution in [0.3, 0.4) is 0 Å². The minimum Gasteiger partial charge on any atom is -0.372 e. The largest absolute Gasteiger partial charge is 0.372 e. The Bertz CT molecular complexity index is 1290. The molecule has 0 saturated heterocycles. The number of allylic oxidation sites excluding steroid dienone is 2. The fourth-order valence-corrected chi connectivity index (χ4v) is 4.24. The van der Waals surface area contributed by atoms with Gasteiger partial charge in [0.15, 0.2) is 5.57 Å². The molecule has 1 heterocycles. The van der Waals surface area contributed by atoms with Crippen molar-refractivity contribution in [2.45, 2.75) is 46.1 Å². The number of amides is 1. The molecule has 0 aromatic heterocycles. The molecule has 0 radical (unpaired) electrons. The first kappa shape index (κ1) is 27.0. The number of carbonyl (C=O) groups excluding carboxylic acids is 1. The zero-order valence-electron chi connectivity index (χ0n) is 21.4. The summed E-state index contributed by atoms with van der Waals surface area (Å²) in [5, 5.41) is 28.9. The number of nitrogens with zero attached hydrogens (tertiary/aromatic N) is 5. The van der Waals surface area contributed by atoms with Gasteiger partial charge < -0.3 is 9.80 Å². The van der Waals surface area contributed by atoms with E-state index in [1.165, 1.54) is 10.6 Å². The summed E-state index contributed by atoms with van der Waals surface area (Å²) in [6.45, 7) is 6.58. The van der Waals surface area contributed by atoms with Crippen LogP contribution in [0.4, 0.5) is 5.69 Å². The highest BCUT2D eigenvalue weighted by atomic mass is 16.2. The van der Waals surface area contributed by atoms with Crippen molar-refractivity contribution in [1.82, 2.24) is 4.90 Å². The molecule has 0 bridgehead atoms. The van der Waals surface area contributed by atoms with Crippen molar-refractivity contribution in [2.24, 2.45) is 0 Å². The maximum absolute atomic E-state index is 13.4. The maximum atomic E-state index is 13.4. The molecular weight excluding hydrogens is 458 g/mol. The number of anilines is 1. The number of rotatable bonds is 11. The third kappa shape index (κ3) is 6.54. The quantitative estimate of drug-likeness (QED) is 0.347. The highest BCUT2D eigenvalue weighted by Gasteiger charge is 2.36. The van der Waals surface area contributed by atoms with Gasteiger partial charge in [-0.2, -0.15) is 15.8 Å². The Morgan fingerprint density at radius 1 is 0.892 bits per heavy atom. The van der Waals surface area contributed by atoms with Gasteiger partial charge >= 0.3 is 0 Å². The lowest BCUT2D eigenvalue weighted by molar-refractivity contribution is -0.124. The smallest absolute Gasteiger partial charge is 0.260 e. The van der Waals surface area contributed by atoms with Crippen LogP contribution < -0.4 is 4.90 Å². The predicted octanol–water partition coefficient (Wildman–Crippen LogP) is 6.27. The summed E-state index contributed by atoms with van der Waals surface area (Å²) in [7, 11) is 0. The number of nitriles is 3. The molecule has 0 atom stereocenters. The van der Waals surface area contributed by atoms with Gasteiger partial charge in [-0.3, -0.25) is 4.79 Å². The summed E-state index contributed by atoms with van der Waals surface area (Å²) >= 11 is 0. The third-order valence-electron chi connectivity index (χ3n) is 6.27. The predicted molar refractivity (Wildman–Crippen MR) is 145 cm³/mol. The molecule has 6 nitrogen and oxygen atoms in total. The van der Waals surface area contributed by atoms with Crippen LogP contribution in [0.1, 0.15) is 50.7 Å². The highest BCUT2D eigenvalue weighted by molar-refractivity contribution is 6.05.